The predicted molar refractivity (Wildman–Crippen MR) is 155 cm³/mol. The number of nitrogens with one attached hydrogen (secondary N) is 2. The Morgan fingerprint density at radius 2 is 1.40 bits per heavy atom. The Labute approximate surface area is 241 Å². The van der Waals surface area contributed by atoms with Crippen LogP contribution in [0.2, 0.25) is 0 Å². The zero-order chi connectivity index (χ0) is 27.6. The van der Waals surface area contributed by atoms with Gasteiger partial charge >= 0.3 is 0 Å². The third-order valence-corrected chi connectivity index (χ3v) is 8.58. The number of aromatic nitrogens is 6. The number of nitrogens with zero attached hydrogens (tertiary/aromatic N) is 6. The number of anilines is 2. The Kier molecular flexibility index (Phi) is 9.86. The molecule has 208 valence electrons. The summed E-state index contributed by atoms with van der Waals surface area (Å²) in [7, 11) is 0. The minimum Gasteiger partial charge on any atom is -0.300 e. The van der Waals surface area contributed by atoms with Crippen LogP contribution in [0.4, 0.5) is 10.3 Å². The van der Waals surface area contributed by atoms with Crippen molar-refractivity contribution >= 4 is 44.8 Å². The van der Waals surface area contributed by atoms with E-state index in [-0.39, 0.29) is 24.7 Å². The average molecular weight is 577 g/mol. The second kappa shape index (κ2) is 14.1. The number of pyridine rings is 2. The summed E-state index contributed by atoms with van der Waals surface area (Å²) in [6, 6.07) is 7.75. The van der Waals surface area contributed by atoms with Crippen LogP contribution in [0.3, 0.4) is 0 Å². The fourth-order valence-corrected chi connectivity index (χ4v) is 6.34. The second-order valence-electron chi connectivity index (χ2n) is 9.95. The first-order chi connectivity index (χ1) is 19.6. The highest BCUT2D eigenvalue weighted by molar-refractivity contribution is 7.15. The first-order valence-electron chi connectivity index (χ1n) is 13.7. The zero-order valence-corrected chi connectivity index (χ0v) is 23.8. The summed E-state index contributed by atoms with van der Waals surface area (Å²) in [5, 5.41) is 25.2. The van der Waals surface area contributed by atoms with Gasteiger partial charge in [0, 0.05) is 43.0 Å². The lowest BCUT2D eigenvalue weighted by atomic mass is 10.0. The molecule has 0 saturated heterocycles. The Morgan fingerprint density at radius 1 is 0.775 bits per heavy atom. The monoisotopic (exact) mass is 576 g/mol. The molecular weight excluding hydrogens is 544 g/mol. The normalized spacial score (nSPS) is 13.4. The van der Waals surface area contributed by atoms with Crippen molar-refractivity contribution in [2.24, 2.45) is 0 Å². The first-order valence-corrected chi connectivity index (χ1v) is 15.3. The van der Waals surface area contributed by atoms with Crippen molar-refractivity contribution in [2.75, 3.05) is 10.6 Å². The fourth-order valence-electron chi connectivity index (χ4n) is 4.74. The molecule has 40 heavy (non-hydrogen) atoms. The number of hydrogen-bond acceptors (Lipinski definition) is 10. The van der Waals surface area contributed by atoms with Gasteiger partial charge in [-0.15, -0.1) is 20.4 Å². The van der Waals surface area contributed by atoms with Crippen molar-refractivity contribution in [3.63, 3.8) is 0 Å². The predicted octanol–water partition coefficient (Wildman–Crippen LogP) is 5.16. The summed E-state index contributed by atoms with van der Waals surface area (Å²) >= 11 is 2.83. The van der Waals surface area contributed by atoms with E-state index in [0.717, 1.165) is 58.9 Å². The highest BCUT2D eigenvalue weighted by atomic mass is 32.1. The standard InChI is InChI=1S/C28H32N8O2S2/c37-23(15-19-7-6-14-29-17-19)31-27-35-33-25(39-27)10-2-1-3-11-26-34-36-28(40-26)32-24(38)16-20-12-13-22(30-18-20)21-8-4-5-9-21/h6-7,12-14,17-18,21H,1-5,8-11,15-16H2,(H,31,35,37)(H,32,36,38). The molecule has 0 radical (unpaired) electrons. The molecule has 0 atom stereocenters. The molecule has 0 aromatic carbocycles. The summed E-state index contributed by atoms with van der Waals surface area (Å²) < 4.78 is 0. The Morgan fingerprint density at radius 3 is 1.95 bits per heavy atom. The van der Waals surface area contributed by atoms with Crippen molar-refractivity contribution in [3.8, 4) is 0 Å². The fraction of sp³-hybridized carbons (Fsp3) is 0.429. The number of rotatable bonds is 13. The molecule has 2 N–H and O–H groups in total. The number of aryl methyl sites for hydroxylation is 2. The van der Waals surface area contributed by atoms with Crippen molar-refractivity contribution in [3.05, 3.63) is 69.7 Å². The van der Waals surface area contributed by atoms with Gasteiger partial charge in [0.2, 0.25) is 22.1 Å². The quantitative estimate of drug-likeness (QED) is 0.209. The number of amides is 2. The molecule has 10 nitrogen and oxygen atoms in total. The van der Waals surface area contributed by atoms with Gasteiger partial charge < -0.3 is 10.6 Å². The molecule has 0 spiro atoms. The molecule has 4 aromatic heterocycles. The van der Waals surface area contributed by atoms with Crippen LogP contribution in [0.1, 0.15) is 77.7 Å². The molecule has 4 heterocycles. The summed E-state index contributed by atoms with van der Waals surface area (Å²) in [4.78, 5) is 33.3. The number of unbranched alkanes of at least 4 members (excludes halogenated alkanes) is 2. The lowest BCUT2D eigenvalue weighted by molar-refractivity contribution is -0.116. The van der Waals surface area contributed by atoms with E-state index < -0.39 is 0 Å². The van der Waals surface area contributed by atoms with E-state index in [1.54, 1.807) is 12.4 Å². The average Bonchev–Trinajstić information content (AvgIpc) is 3.73. The van der Waals surface area contributed by atoms with E-state index in [0.29, 0.717) is 16.2 Å². The van der Waals surface area contributed by atoms with Crippen LogP contribution in [0, 0.1) is 0 Å². The van der Waals surface area contributed by atoms with Crippen molar-refractivity contribution in [2.45, 2.75) is 76.5 Å². The Hall–Kier alpha value is -3.64. The van der Waals surface area contributed by atoms with Gasteiger partial charge in [0.15, 0.2) is 0 Å². The smallest absolute Gasteiger partial charge is 0.230 e. The third-order valence-electron chi connectivity index (χ3n) is 6.78. The van der Waals surface area contributed by atoms with E-state index in [1.807, 2.05) is 24.4 Å². The number of carbonyl (C=O) groups excluding carboxylic acids is 2. The molecule has 5 rings (SSSR count). The summed E-state index contributed by atoms with van der Waals surface area (Å²) in [5.74, 6) is 0.333. The van der Waals surface area contributed by atoms with Gasteiger partial charge in [-0.2, -0.15) is 0 Å². The van der Waals surface area contributed by atoms with Crippen LogP contribution < -0.4 is 10.6 Å². The maximum Gasteiger partial charge on any atom is 0.230 e. The third kappa shape index (κ3) is 8.43. The van der Waals surface area contributed by atoms with E-state index >= 15 is 0 Å². The van der Waals surface area contributed by atoms with Gasteiger partial charge in [-0.25, -0.2) is 0 Å². The SMILES string of the molecule is O=C(Cc1cccnc1)Nc1nnc(CCCCCc2nnc(NC(=O)Cc3ccc(C4CCCC4)nc3)s2)s1. The highest BCUT2D eigenvalue weighted by Crippen LogP contribution is 2.32. The number of carbonyl (C=O) groups is 2. The van der Waals surface area contributed by atoms with E-state index in [1.165, 1.54) is 48.4 Å². The van der Waals surface area contributed by atoms with Crippen LogP contribution in [-0.2, 0) is 35.3 Å². The van der Waals surface area contributed by atoms with Gasteiger partial charge in [0.1, 0.15) is 10.0 Å². The van der Waals surface area contributed by atoms with Gasteiger partial charge in [0.25, 0.3) is 0 Å². The molecule has 1 aliphatic rings. The lowest BCUT2D eigenvalue weighted by Crippen LogP contribution is -2.14. The summed E-state index contributed by atoms with van der Waals surface area (Å²) in [5.41, 5.74) is 2.90. The van der Waals surface area contributed by atoms with Crippen molar-refractivity contribution < 1.29 is 9.59 Å². The van der Waals surface area contributed by atoms with Crippen LogP contribution in [0.5, 0.6) is 0 Å². The van der Waals surface area contributed by atoms with Gasteiger partial charge in [-0.3, -0.25) is 19.6 Å². The molecule has 0 unspecified atom stereocenters. The highest BCUT2D eigenvalue weighted by Gasteiger charge is 2.18. The largest absolute Gasteiger partial charge is 0.300 e. The number of hydrogen-bond donors (Lipinski definition) is 2. The molecule has 1 saturated carbocycles. The summed E-state index contributed by atoms with van der Waals surface area (Å²) in [6.45, 7) is 0. The van der Waals surface area contributed by atoms with E-state index in [9.17, 15) is 9.59 Å². The molecular formula is C28H32N8O2S2. The molecule has 12 heteroatoms. The minimum atomic E-state index is -0.131. The Bertz CT molecular complexity index is 1380. The lowest BCUT2D eigenvalue weighted by Gasteiger charge is -2.08. The van der Waals surface area contributed by atoms with Gasteiger partial charge in [-0.1, -0.05) is 54.1 Å². The molecule has 4 aromatic rings. The summed E-state index contributed by atoms with van der Waals surface area (Å²) in [6.07, 6.45) is 15.3. The molecule has 2 amide bonds. The molecule has 0 bridgehead atoms. The molecule has 0 aliphatic heterocycles. The van der Waals surface area contributed by atoms with Crippen LogP contribution >= 0.6 is 22.7 Å². The molecule has 1 aliphatic carbocycles. The van der Waals surface area contributed by atoms with Gasteiger partial charge in [-0.05, 0) is 48.9 Å². The maximum atomic E-state index is 12.5. The van der Waals surface area contributed by atoms with Crippen LogP contribution in [0.15, 0.2) is 42.9 Å². The van der Waals surface area contributed by atoms with Gasteiger partial charge in [0.05, 0.1) is 12.8 Å². The van der Waals surface area contributed by atoms with Crippen molar-refractivity contribution in [1.29, 1.82) is 0 Å². The minimum absolute atomic E-state index is 0.109. The van der Waals surface area contributed by atoms with E-state index in [4.69, 9.17) is 0 Å². The van der Waals surface area contributed by atoms with Crippen LogP contribution in [-0.4, -0.2) is 42.2 Å². The van der Waals surface area contributed by atoms with Crippen molar-refractivity contribution in [1.82, 2.24) is 30.4 Å². The topological polar surface area (TPSA) is 136 Å². The Balaban J connectivity index is 0.966. The second-order valence-corrected chi connectivity index (χ2v) is 12.1. The zero-order valence-electron chi connectivity index (χ0n) is 22.2. The first kappa shape index (κ1) is 27.9. The molecule has 1 fully saturated rings. The van der Waals surface area contributed by atoms with E-state index in [2.05, 4.69) is 47.1 Å². The maximum absolute atomic E-state index is 12.5. The van der Waals surface area contributed by atoms with Crippen LogP contribution in [0.25, 0.3) is 0 Å².